The molecule has 5 heteroatoms. The minimum absolute atomic E-state index is 0.0406. The largest absolute Gasteiger partial charge is 0.477 e. The molecule has 1 amide bonds. The molecule has 96 valence electrons. The van der Waals surface area contributed by atoms with Crippen molar-refractivity contribution in [1.82, 2.24) is 0 Å². The average molecular weight is 273 g/mol. The molecule has 2 aromatic rings. The summed E-state index contributed by atoms with van der Waals surface area (Å²) in [6.45, 7) is 1.96. The Hall–Kier alpha value is -2.14. The Morgan fingerprint density at radius 1 is 1.32 bits per heavy atom. The van der Waals surface area contributed by atoms with Gasteiger partial charge >= 0.3 is 5.97 Å². The molecule has 0 saturated heterocycles. The minimum atomic E-state index is -0.925. The van der Waals surface area contributed by atoms with Crippen LogP contribution in [0.15, 0.2) is 30.3 Å². The van der Waals surface area contributed by atoms with Crippen molar-refractivity contribution in [2.75, 3.05) is 4.90 Å². The van der Waals surface area contributed by atoms with Gasteiger partial charge in [-0.1, -0.05) is 18.2 Å². The summed E-state index contributed by atoms with van der Waals surface area (Å²) in [6.07, 6.45) is 0. The number of carbonyl (C=O) groups is 2. The third-order valence-electron chi connectivity index (χ3n) is 3.17. The van der Waals surface area contributed by atoms with E-state index in [0.717, 1.165) is 21.7 Å². The van der Waals surface area contributed by atoms with Gasteiger partial charge in [-0.3, -0.25) is 4.79 Å². The number of carboxylic acid groups (broad SMARTS) is 1. The van der Waals surface area contributed by atoms with Gasteiger partial charge < -0.3 is 10.0 Å². The van der Waals surface area contributed by atoms with Crippen LogP contribution in [-0.4, -0.2) is 17.0 Å². The molecule has 0 bridgehead atoms. The van der Waals surface area contributed by atoms with Gasteiger partial charge in [0.25, 0.3) is 0 Å². The SMILES string of the molecule is CC(=O)N1Cc2cc(C(=O)O)sc2-c2ccccc21. The molecule has 1 aliphatic rings. The summed E-state index contributed by atoms with van der Waals surface area (Å²) in [5, 5.41) is 9.09. The lowest BCUT2D eigenvalue weighted by Crippen LogP contribution is -2.30. The zero-order valence-electron chi connectivity index (χ0n) is 10.2. The van der Waals surface area contributed by atoms with E-state index in [1.165, 1.54) is 18.3 Å². The summed E-state index contributed by atoms with van der Waals surface area (Å²) in [7, 11) is 0. The maximum Gasteiger partial charge on any atom is 0.345 e. The van der Waals surface area contributed by atoms with E-state index in [9.17, 15) is 9.59 Å². The normalized spacial score (nSPS) is 12.8. The number of carbonyl (C=O) groups excluding carboxylic acids is 1. The third kappa shape index (κ3) is 1.82. The molecule has 0 fully saturated rings. The van der Waals surface area contributed by atoms with E-state index >= 15 is 0 Å². The van der Waals surface area contributed by atoms with E-state index in [1.807, 2.05) is 24.3 Å². The molecule has 0 saturated carbocycles. The second-order valence-electron chi connectivity index (χ2n) is 4.39. The Labute approximate surface area is 113 Å². The fraction of sp³-hybridized carbons (Fsp3) is 0.143. The number of thiophene rings is 1. The molecule has 19 heavy (non-hydrogen) atoms. The molecule has 0 atom stereocenters. The summed E-state index contributed by atoms with van der Waals surface area (Å²) in [5.74, 6) is -0.965. The zero-order chi connectivity index (χ0) is 13.6. The van der Waals surface area contributed by atoms with Crippen LogP contribution in [-0.2, 0) is 11.3 Å². The molecular formula is C14H11NO3S. The summed E-state index contributed by atoms with van der Waals surface area (Å²) < 4.78 is 0. The fourth-order valence-corrected chi connectivity index (χ4v) is 3.36. The first-order chi connectivity index (χ1) is 9.08. The first kappa shape index (κ1) is 11.9. The summed E-state index contributed by atoms with van der Waals surface area (Å²) in [6, 6.07) is 9.25. The highest BCUT2D eigenvalue weighted by molar-refractivity contribution is 7.17. The first-order valence-corrected chi connectivity index (χ1v) is 6.63. The average Bonchev–Trinajstić information content (AvgIpc) is 2.81. The highest BCUT2D eigenvalue weighted by Crippen LogP contribution is 2.43. The second kappa shape index (κ2) is 4.20. The highest BCUT2D eigenvalue weighted by atomic mass is 32.1. The lowest BCUT2D eigenvalue weighted by molar-refractivity contribution is -0.116. The van der Waals surface area contributed by atoms with Crippen molar-refractivity contribution in [3.8, 4) is 10.4 Å². The molecule has 1 aliphatic heterocycles. The van der Waals surface area contributed by atoms with Crippen LogP contribution in [0.3, 0.4) is 0 Å². The van der Waals surface area contributed by atoms with Gasteiger partial charge in [0.2, 0.25) is 5.91 Å². The molecule has 2 heterocycles. The van der Waals surface area contributed by atoms with Crippen LogP contribution in [0.2, 0.25) is 0 Å². The summed E-state index contributed by atoms with van der Waals surface area (Å²) in [5.41, 5.74) is 2.68. The van der Waals surface area contributed by atoms with E-state index in [1.54, 1.807) is 11.0 Å². The molecule has 1 N–H and O–H groups in total. The summed E-state index contributed by atoms with van der Waals surface area (Å²) in [4.78, 5) is 25.7. The highest BCUT2D eigenvalue weighted by Gasteiger charge is 2.27. The number of para-hydroxylation sites is 1. The van der Waals surface area contributed by atoms with Crippen LogP contribution >= 0.6 is 11.3 Å². The van der Waals surface area contributed by atoms with Crippen molar-refractivity contribution >= 4 is 28.9 Å². The van der Waals surface area contributed by atoms with Crippen LogP contribution in [0, 0.1) is 0 Å². The maximum absolute atomic E-state index is 11.7. The Morgan fingerprint density at radius 3 is 2.74 bits per heavy atom. The molecule has 0 unspecified atom stereocenters. The molecule has 1 aromatic heterocycles. The van der Waals surface area contributed by atoms with Crippen molar-refractivity contribution in [3.63, 3.8) is 0 Å². The number of hydrogen-bond acceptors (Lipinski definition) is 3. The Balaban J connectivity index is 2.22. The number of fused-ring (bicyclic) bond motifs is 3. The predicted molar refractivity (Wildman–Crippen MR) is 73.6 cm³/mol. The van der Waals surface area contributed by atoms with Crippen LogP contribution in [0.1, 0.15) is 22.2 Å². The lowest BCUT2D eigenvalue weighted by atomic mass is 10.0. The number of hydrogen-bond donors (Lipinski definition) is 1. The van der Waals surface area contributed by atoms with E-state index in [4.69, 9.17) is 5.11 Å². The molecule has 1 aromatic carbocycles. The first-order valence-electron chi connectivity index (χ1n) is 5.81. The number of amides is 1. The molecule has 0 spiro atoms. The van der Waals surface area contributed by atoms with Crippen molar-refractivity contribution in [2.45, 2.75) is 13.5 Å². The molecule has 0 radical (unpaired) electrons. The van der Waals surface area contributed by atoms with Gasteiger partial charge in [0.05, 0.1) is 12.2 Å². The quantitative estimate of drug-likeness (QED) is 0.869. The fourth-order valence-electron chi connectivity index (χ4n) is 2.32. The number of nitrogens with zero attached hydrogens (tertiary/aromatic N) is 1. The molecular weight excluding hydrogens is 262 g/mol. The standard InChI is InChI=1S/C14H11NO3S/c1-8(16)15-7-9-6-12(14(17)18)19-13(9)10-4-2-3-5-11(10)15/h2-6H,7H2,1H3,(H,17,18). The Bertz CT molecular complexity index is 690. The molecule has 3 rings (SSSR count). The lowest BCUT2D eigenvalue weighted by Gasteiger charge is -2.28. The third-order valence-corrected chi connectivity index (χ3v) is 4.37. The maximum atomic E-state index is 11.7. The second-order valence-corrected chi connectivity index (χ2v) is 5.44. The monoisotopic (exact) mass is 273 g/mol. The Morgan fingerprint density at radius 2 is 2.05 bits per heavy atom. The number of aromatic carboxylic acids is 1. The van der Waals surface area contributed by atoms with Gasteiger partial charge in [-0.05, 0) is 17.7 Å². The summed E-state index contributed by atoms with van der Waals surface area (Å²) >= 11 is 1.26. The van der Waals surface area contributed by atoms with Gasteiger partial charge in [-0.15, -0.1) is 11.3 Å². The number of benzene rings is 1. The number of rotatable bonds is 1. The van der Waals surface area contributed by atoms with Crippen molar-refractivity contribution in [3.05, 3.63) is 40.8 Å². The smallest absolute Gasteiger partial charge is 0.345 e. The van der Waals surface area contributed by atoms with Gasteiger partial charge in [-0.2, -0.15) is 0 Å². The van der Waals surface area contributed by atoms with Crippen LogP contribution in [0.5, 0.6) is 0 Å². The van der Waals surface area contributed by atoms with Gasteiger partial charge in [0.1, 0.15) is 4.88 Å². The van der Waals surface area contributed by atoms with Crippen LogP contribution in [0.4, 0.5) is 5.69 Å². The van der Waals surface area contributed by atoms with Gasteiger partial charge in [-0.25, -0.2) is 4.79 Å². The minimum Gasteiger partial charge on any atom is -0.477 e. The van der Waals surface area contributed by atoms with E-state index in [0.29, 0.717) is 11.4 Å². The number of carboxylic acids is 1. The molecule has 0 aliphatic carbocycles. The van der Waals surface area contributed by atoms with Crippen LogP contribution < -0.4 is 4.90 Å². The topological polar surface area (TPSA) is 57.6 Å². The number of anilines is 1. The van der Waals surface area contributed by atoms with Crippen molar-refractivity contribution in [2.24, 2.45) is 0 Å². The Kier molecular flexibility index (Phi) is 2.64. The predicted octanol–water partition coefficient (Wildman–Crippen LogP) is 2.98. The van der Waals surface area contributed by atoms with Gasteiger partial charge in [0, 0.05) is 17.4 Å². The van der Waals surface area contributed by atoms with Crippen molar-refractivity contribution < 1.29 is 14.7 Å². The van der Waals surface area contributed by atoms with Crippen molar-refractivity contribution in [1.29, 1.82) is 0 Å². The van der Waals surface area contributed by atoms with E-state index < -0.39 is 5.97 Å². The zero-order valence-corrected chi connectivity index (χ0v) is 11.0. The van der Waals surface area contributed by atoms with Crippen LogP contribution in [0.25, 0.3) is 10.4 Å². The van der Waals surface area contributed by atoms with E-state index in [2.05, 4.69) is 0 Å². The molecule has 4 nitrogen and oxygen atoms in total. The van der Waals surface area contributed by atoms with Gasteiger partial charge in [0.15, 0.2) is 0 Å². The van der Waals surface area contributed by atoms with E-state index in [-0.39, 0.29) is 5.91 Å².